The summed E-state index contributed by atoms with van der Waals surface area (Å²) in [5.41, 5.74) is 0. The first kappa shape index (κ1) is 14.9. The average molecular weight is 279 g/mol. The van der Waals surface area contributed by atoms with E-state index in [0.29, 0.717) is 0 Å². The second-order valence-corrected chi connectivity index (χ2v) is 6.17. The largest absolute Gasteiger partial charge is 0.481 e. The molecule has 1 aliphatic carbocycles. The molecule has 0 atom stereocenters. The summed E-state index contributed by atoms with van der Waals surface area (Å²) >= 11 is 0. The number of carbonyl (C=O) groups is 2. The molecule has 1 fully saturated rings. The SMILES string of the molecule is COC(=O)CCS(=O)(=O)N(CCC(=O)O)C1CC1. The molecule has 0 aliphatic heterocycles. The second kappa shape index (κ2) is 6.14. The van der Waals surface area contributed by atoms with Crippen molar-refractivity contribution < 1.29 is 27.9 Å². The summed E-state index contributed by atoms with van der Waals surface area (Å²) in [6.07, 6.45) is 1.05. The highest BCUT2D eigenvalue weighted by atomic mass is 32.2. The predicted octanol–water partition coefficient (Wildman–Crippen LogP) is -0.182. The molecule has 104 valence electrons. The Balaban J connectivity index is 2.59. The highest BCUT2D eigenvalue weighted by Crippen LogP contribution is 2.29. The van der Waals surface area contributed by atoms with Gasteiger partial charge in [0.15, 0.2) is 0 Å². The third-order valence-corrected chi connectivity index (χ3v) is 4.56. The summed E-state index contributed by atoms with van der Waals surface area (Å²) in [7, 11) is -2.40. The molecule has 0 saturated heterocycles. The minimum absolute atomic E-state index is 0.0382. The second-order valence-electron chi connectivity index (χ2n) is 4.13. The van der Waals surface area contributed by atoms with Crippen molar-refractivity contribution in [2.24, 2.45) is 0 Å². The molecule has 0 amide bonds. The van der Waals surface area contributed by atoms with Gasteiger partial charge in [0.2, 0.25) is 10.0 Å². The average Bonchev–Trinajstić information content (AvgIpc) is 3.09. The molecule has 8 heteroatoms. The molecular weight excluding hydrogens is 262 g/mol. The molecule has 0 radical (unpaired) electrons. The van der Waals surface area contributed by atoms with Crippen molar-refractivity contribution >= 4 is 22.0 Å². The van der Waals surface area contributed by atoms with Crippen LogP contribution < -0.4 is 0 Å². The van der Waals surface area contributed by atoms with E-state index in [1.165, 1.54) is 11.4 Å². The van der Waals surface area contributed by atoms with Crippen LogP contribution in [0.5, 0.6) is 0 Å². The van der Waals surface area contributed by atoms with E-state index in [1.807, 2.05) is 0 Å². The molecule has 1 aliphatic rings. The first-order valence-electron chi connectivity index (χ1n) is 5.65. The van der Waals surface area contributed by atoms with Crippen molar-refractivity contribution in [1.29, 1.82) is 0 Å². The molecule has 0 spiro atoms. The maximum Gasteiger partial charge on any atom is 0.306 e. The number of methoxy groups -OCH3 is 1. The Morgan fingerprint density at radius 2 is 1.94 bits per heavy atom. The zero-order valence-corrected chi connectivity index (χ0v) is 11.0. The minimum atomic E-state index is -3.59. The Bertz CT molecular complexity index is 414. The van der Waals surface area contributed by atoms with Crippen molar-refractivity contribution in [1.82, 2.24) is 4.31 Å². The van der Waals surface area contributed by atoms with Crippen LogP contribution in [0.25, 0.3) is 0 Å². The van der Waals surface area contributed by atoms with Gasteiger partial charge in [-0.15, -0.1) is 0 Å². The maximum absolute atomic E-state index is 12.0. The van der Waals surface area contributed by atoms with E-state index in [1.54, 1.807) is 0 Å². The van der Waals surface area contributed by atoms with Gasteiger partial charge in [0, 0.05) is 12.6 Å². The molecule has 0 aromatic rings. The zero-order valence-electron chi connectivity index (χ0n) is 10.2. The Hall–Kier alpha value is -1.15. The molecule has 0 heterocycles. The number of carboxylic acids is 1. The van der Waals surface area contributed by atoms with Gasteiger partial charge in [-0.3, -0.25) is 9.59 Å². The van der Waals surface area contributed by atoms with E-state index in [9.17, 15) is 18.0 Å². The lowest BCUT2D eigenvalue weighted by Crippen LogP contribution is -2.37. The van der Waals surface area contributed by atoms with Crippen LogP contribution in [0.4, 0.5) is 0 Å². The molecular formula is C10H17NO6S. The summed E-state index contributed by atoms with van der Waals surface area (Å²) < 4.78 is 29.5. The van der Waals surface area contributed by atoms with E-state index in [-0.39, 0.29) is 31.2 Å². The van der Waals surface area contributed by atoms with Gasteiger partial charge in [0.1, 0.15) is 0 Å². The van der Waals surface area contributed by atoms with Crippen LogP contribution in [0.2, 0.25) is 0 Å². The van der Waals surface area contributed by atoms with Crippen molar-refractivity contribution in [2.75, 3.05) is 19.4 Å². The van der Waals surface area contributed by atoms with Crippen LogP contribution in [0.1, 0.15) is 25.7 Å². The van der Waals surface area contributed by atoms with E-state index < -0.39 is 22.0 Å². The van der Waals surface area contributed by atoms with E-state index >= 15 is 0 Å². The number of sulfonamides is 1. The van der Waals surface area contributed by atoms with Crippen molar-refractivity contribution in [3.8, 4) is 0 Å². The van der Waals surface area contributed by atoms with Gasteiger partial charge < -0.3 is 9.84 Å². The number of nitrogens with zero attached hydrogens (tertiary/aromatic N) is 1. The van der Waals surface area contributed by atoms with Crippen LogP contribution in [-0.4, -0.2) is 55.2 Å². The van der Waals surface area contributed by atoms with Crippen molar-refractivity contribution in [3.05, 3.63) is 0 Å². The Morgan fingerprint density at radius 3 is 2.39 bits per heavy atom. The van der Waals surface area contributed by atoms with Gasteiger partial charge in [-0.05, 0) is 12.8 Å². The Labute approximate surface area is 106 Å². The summed E-state index contributed by atoms with van der Waals surface area (Å²) in [5, 5.41) is 8.59. The van der Waals surface area contributed by atoms with Crippen molar-refractivity contribution in [3.63, 3.8) is 0 Å². The normalized spacial score (nSPS) is 15.7. The van der Waals surface area contributed by atoms with Crippen LogP contribution in [0.15, 0.2) is 0 Å². The number of ether oxygens (including phenoxy) is 1. The predicted molar refractivity (Wildman–Crippen MR) is 62.4 cm³/mol. The fraction of sp³-hybridized carbons (Fsp3) is 0.800. The molecule has 0 aromatic carbocycles. The van der Waals surface area contributed by atoms with Crippen LogP contribution >= 0.6 is 0 Å². The Morgan fingerprint density at radius 1 is 1.33 bits per heavy atom. The maximum atomic E-state index is 12.0. The fourth-order valence-corrected chi connectivity index (χ4v) is 3.24. The quantitative estimate of drug-likeness (QED) is 0.618. The van der Waals surface area contributed by atoms with Crippen LogP contribution in [0, 0.1) is 0 Å². The summed E-state index contributed by atoms with van der Waals surface area (Å²) in [5.74, 6) is -1.97. The summed E-state index contributed by atoms with van der Waals surface area (Å²) in [4.78, 5) is 21.4. The highest BCUT2D eigenvalue weighted by Gasteiger charge is 2.37. The smallest absolute Gasteiger partial charge is 0.306 e. The third kappa shape index (κ3) is 4.61. The first-order valence-corrected chi connectivity index (χ1v) is 7.26. The zero-order chi connectivity index (χ0) is 13.8. The van der Waals surface area contributed by atoms with Crippen molar-refractivity contribution in [2.45, 2.75) is 31.7 Å². The summed E-state index contributed by atoms with van der Waals surface area (Å²) in [6.45, 7) is -0.0382. The molecule has 0 bridgehead atoms. The number of aliphatic carboxylic acids is 1. The van der Waals surface area contributed by atoms with Gasteiger partial charge in [0.05, 0.1) is 25.7 Å². The fourth-order valence-electron chi connectivity index (χ4n) is 1.55. The lowest BCUT2D eigenvalue weighted by molar-refractivity contribution is -0.140. The number of hydrogen-bond donors (Lipinski definition) is 1. The summed E-state index contributed by atoms with van der Waals surface area (Å²) in [6, 6.07) is -0.105. The third-order valence-electron chi connectivity index (χ3n) is 2.65. The number of hydrogen-bond acceptors (Lipinski definition) is 5. The monoisotopic (exact) mass is 279 g/mol. The van der Waals surface area contributed by atoms with E-state index in [0.717, 1.165) is 12.8 Å². The van der Waals surface area contributed by atoms with Gasteiger partial charge in [0.25, 0.3) is 0 Å². The molecule has 1 rings (SSSR count). The van der Waals surface area contributed by atoms with Gasteiger partial charge in [-0.1, -0.05) is 0 Å². The topological polar surface area (TPSA) is 101 Å². The molecule has 0 aromatic heterocycles. The number of carboxylic acid groups (broad SMARTS) is 1. The Kier molecular flexibility index (Phi) is 5.09. The molecule has 1 N–H and O–H groups in total. The first-order chi connectivity index (χ1) is 8.36. The molecule has 0 unspecified atom stereocenters. The van der Waals surface area contributed by atoms with E-state index in [4.69, 9.17) is 5.11 Å². The lowest BCUT2D eigenvalue weighted by atomic mass is 10.4. The number of rotatable bonds is 8. The van der Waals surface area contributed by atoms with Gasteiger partial charge in [-0.2, -0.15) is 4.31 Å². The minimum Gasteiger partial charge on any atom is -0.481 e. The van der Waals surface area contributed by atoms with E-state index in [2.05, 4.69) is 4.74 Å². The van der Waals surface area contributed by atoms with Gasteiger partial charge in [-0.25, -0.2) is 8.42 Å². The molecule has 18 heavy (non-hydrogen) atoms. The lowest BCUT2D eigenvalue weighted by Gasteiger charge is -2.20. The molecule has 7 nitrogen and oxygen atoms in total. The van der Waals surface area contributed by atoms with Crippen LogP contribution in [-0.2, 0) is 24.3 Å². The standard InChI is InChI=1S/C10H17NO6S/c1-17-10(14)5-7-18(15,16)11(8-2-3-8)6-4-9(12)13/h8H,2-7H2,1H3,(H,12,13). The number of carbonyl (C=O) groups excluding carboxylic acids is 1. The van der Waals surface area contributed by atoms with Gasteiger partial charge >= 0.3 is 11.9 Å². The molecule has 1 saturated carbocycles. The highest BCUT2D eigenvalue weighted by molar-refractivity contribution is 7.89. The number of esters is 1. The van der Waals surface area contributed by atoms with Crippen LogP contribution in [0.3, 0.4) is 0 Å².